The van der Waals surface area contributed by atoms with Gasteiger partial charge < -0.3 is 15.3 Å². The van der Waals surface area contributed by atoms with Crippen molar-refractivity contribution >= 4 is 17.0 Å². The number of nitrogens with one attached hydrogen (secondary N) is 1. The Morgan fingerprint density at radius 1 is 1.14 bits per heavy atom. The summed E-state index contributed by atoms with van der Waals surface area (Å²) in [6.45, 7) is 4.84. The van der Waals surface area contributed by atoms with Gasteiger partial charge in [0.15, 0.2) is 0 Å². The summed E-state index contributed by atoms with van der Waals surface area (Å²) in [5.74, 6) is -0.222. The van der Waals surface area contributed by atoms with Gasteiger partial charge >= 0.3 is 6.09 Å². The van der Waals surface area contributed by atoms with Gasteiger partial charge in [-0.15, -0.1) is 0 Å². The van der Waals surface area contributed by atoms with Crippen LogP contribution in [0.1, 0.15) is 24.8 Å². The molecule has 1 aromatic heterocycles. The second-order valence-corrected chi connectivity index (χ2v) is 7.50. The Hall–Kier alpha value is -2.77. The second-order valence-electron chi connectivity index (χ2n) is 7.50. The SMILES string of the molecule is O=C(O)n1ncc2cc(-c3ccc(F)c(CNCCCN4CCCC4)c3)ccc21. The van der Waals surface area contributed by atoms with Gasteiger partial charge in [0, 0.05) is 17.5 Å². The first-order chi connectivity index (χ1) is 14.1. The first kappa shape index (κ1) is 19.5. The summed E-state index contributed by atoms with van der Waals surface area (Å²) < 4.78 is 15.2. The molecule has 2 heterocycles. The van der Waals surface area contributed by atoms with Crippen molar-refractivity contribution in [2.75, 3.05) is 26.2 Å². The van der Waals surface area contributed by atoms with Crippen molar-refractivity contribution in [1.82, 2.24) is 20.0 Å². The van der Waals surface area contributed by atoms with Crippen LogP contribution in [-0.2, 0) is 6.54 Å². The van der Waals surface area contributed by atoms with E-state index in [1.807, 2.05) is 18.2 Å². The molecule has 1 fully saturated rings. The third-order valence-corrected chi connectivity index (χ3v) is 5.47. The lowest BCUT2D eigenvalue weighted by atomic mass is 10.0. The molecular weight excluding hydrogens is 371 g/mol. The van der Waals surface area contributed by atoms with Crippen molar-refractivity contribution in [1.29, 1.82) is 0 Å². The average molecular weight is 396 g/mol. The van der Waals surface area contributed by atoms with E-state index in [9.17, 15) is 9.18 Å². The summed E-state index contributed by atoms with van der Waals surface area (Å²) in [4.78, 5) is 13.7. The summed E-state index contributed by atoms with van der Waals surface area (Å²) >= 11 is 0. The van der Waals surface area contributed by atoms with Gasteiger partial charge in [0.05, 0.1) is 11.7 Å². The molecule has 0 bridgehead atoms. The molecule has 0 radical (unpaired) electrons. The van der Waals surface area contributed by atoms with Crippen molar-refractivity contribution in [2.24, 2.45) is 0 Å². The number of halogens is 1. The number of rotatable bonds is 7. The van der Waals surface area contributed by atoms with Gasteiger partial charge in [0.1, 0.15) is 5.82 Å². The first-order valence-electron chi connectivity index (χ1n) is 10.0. The number of carboxylic acid groups (broad SMARTS) is 1. The van der Waals surface area contributed by atoms with Crippen LogP contribution in [0, 0.1) is 5.82 Å². The minimum absolute atomic E-state index is 0.222. The third-order valence-electron chi connectivity index (χ3n) is 5.47. The van der Waals surface area contributed by atoms with E-state index in [4.69, 9.17) is 5.11 Å². The smallest absolute Gasteiger partial charge is 0.432 e. The lowest BCUT2D eigenvalue weighted by Gasteiger charge is -2.14. The van der Waals surface area contributed by atoms with Gasteiger partial charge in [0.2, 0.25) is 0 Å². The molecule has 7 heteroatoms. The molecular formula is C22H25FN4O2. The lowest BCUT2D eigenvalue weighted by molar-refractivity contribution is 0.194. The molecule has 0 spiro atoms. The summed E-state index contributed by atoms with van der Waals surface area (Å²) in [6.07, 6.45) is 4.07. The largest absolute Gasteiger partial charge is 0.463 e. The Morgan fingerprint density at radius 2 is 1.90 bits per heavy atom. The standard InChI is InChI=1S/C22H25FN4O2/c23-20-6-4-16(12-18(20)14-24-8-3-11-26-9-1-2-10-26)17-5-7-21-19(13-17)15-25-27(21)22(28)29/h4-7,12-13,15,24H,1-3,8-11,14H2,(H,28,29). The summed E-state index contributed by atoms with van der Waals surface area (Å²) in [7, 11) is 0. The van der Waals surface area contributed by atoms with E-state index < -0.39 is 6.09 Å². The molecule has 0 atom stereocenters. The minimum atomic E-state index is -1.12. The van der Waals surface area contributed by atoms with Crippen LogP contribution in [0.3, 0.4) is 0 Å². The van der Waals surface area contributed by atoms with Crippen LogP contribution in [0.2, 0.25) is 0 Å². The highest BCUT2D eigenvalue weighted by molar-refractivity contribution is 5.90. The van der Waals surface area contributed by atoms with Gasteiger partial charge in [-0.05, 0) is 80.8 Å². The van der Waals surface area contributed by atoms with Gasteiger partial charge in [0.25, 0.3) is 0 Å². The quantitative estimate of drug-likeness (QED) is 0.592. The molecule has 0 unspecified atom stereocenters. The zero-order valence-corrected chi connectivity index (χ0v) is 16.3. The van der Waals surface area contributed by atoms with Gasteiger partial charge in [-0.1, -0.05) is 12.1 Å². The fourth-order valence-electron chi connectivity index (χ4n) is 3.91. The molecule has 4 rings (SSSR count). The second kappa shape index (κ2) is 8.71. The van der Waals surface area contributed by atoms with Gasteiger partial charge in [-0.2, -0.15) is 9.78 Å². The van der Waals surface area contributed by atoms with E-state index in [0.29, 0.717) is 17.6 Å². The topological polar surface area (TPSA) is 70.4 Å². The number of carbonyl (C=O) groups is 1. The van der Waals surface area contributed by atoms with Crippen molar-refractivity contribution in [3.8, 4) is 11.1 Å². The maximum atomic E-state index is 14.3. The molecule has 29 heavy (non-hydrogen) atoms. The molecule has 0 amide bonds. The van der Waals surface area contributed by atoms with E-state index in [1.165, 1.54) is 38.2 Å². The molecule has 152 valence electrons. The van der Waals surface area contributed by atoms with E-state index >= 15 is 0 Å². The van der Waals surface area contributed by atoms with Gasteiger partial charge in [-0.3, -0.25) is 0 Å². The predicted octanol–water partition coefficient (Wildman–Crippen LogP) is 3.94. The van der Waals surface area contributed by atoms with Crippen LogP contribution < -0.4 is 5.32 Å². The van der Waals surface area contributed by atoms with Crippen LogP contribution in [-0.4, -0.2) is 52.1 Å². The summed E-state index contributed by atoms with van der Waals surface area (Å²) in [5.41, 5.74) is 2.95. The van der Waals surface area contributed by atoms with E-state index in [-0.39, 0.29) is 5.82 Å². The highest BCUT2D eigenvalue weighted by atomic mass is 19.1. The van der Waals surface area contributed by atoms with E-state index in [2.05, 4.69) is 15.3 Å². The molecule has 1 aliphatic heterocycles. The Morgan fingerprint density at radius 3 is 2.69 bits per heavy atom. The van der Waals surface area contributed by atoms with Crippen LogP contribution in [0.5, 0.6) is 0 Å². The third kappa shape index (κ3) is 4.46. The number of nitrogens with zero attached hydrogens (tertiary/aromatic N) is 3. The lowest BCUT2D eigenvalue weighted by Crippen LogP contribution is -2.24. The number of likely N-dealkylation sites (tertiary alicyclic amines) is 1. The fourth-order valence-corrected chi connectivity index (χ4v) is 3.91. The number of benzene rings is 2. The van der Waals surface area contributed by atoms with Crippen LogP contribution >= 0.6 is 0 Å². The van der Waals surface area contributed by atoms with Crippen molar-refractivity contribution in [3.63, 3.8) is 0 Å². The van der Waals surface area contributed by atoms with E-state index in [0.717, 1.165) is 40.7 Å². The van der Waals surface area contributed by atoms with Crippen LogP contribution in [0.25, 0.3) is 22.0 Å². The Balaban J connectivity index is 1.42. The molecule has 2 aromatic carbocycles. The summed E-state index contributed by atoms with van der Waals surface area (Å²) in [6, 6.07) is 10.5. The zero-order chi connectivity index (χ0) is 20.2. The monoisotopic (exact) mass is 396 g/mol. The molecule has 3 aromatic rings. The molecule has 2 N–H and O–H groups in total. The van der Waals surface area contributed by atoms with Crippen molar-refractivity contribution in [2.45, 2.75) is 25.8 Å². The normalized spacial score (nSPS) is 14.7. The molecule has 1 aliphatic rings. The number of hydrogen-bond acceptors (Lipinski definition) is 4. The number of fused-ring (bicyclic) bond motifs is 1. The Kier molecular flexibility index (Phi) is 5.87. The van der Waals surface area contributed by atoms with E-state index in [1.54, 1.807) is 12.1 Å². The molecule has 0 aliphatic carbocycles. The van der Waals surface area contributed by atoms with Crippen LogP contribution in [0.4, 0.5) is 9.18 Å². The minimum Gasteiger partial charge on any atom is -0.463 e. The molecule has 1 saturated heterocycles. The maximum Gasteiger partial charge on any atom is 0.432 e. The highest BCUT2D eigenvalue weighted by Gasteiger charge is 2.12. The maximum absolute atomic E-state index is 14.3. The highest BCUT2D eigenvalue weighted by Crippen LogP contribution is 2.26. The van der Waals surface area contributed by atoms with Gasteiger partial charge in [-0.25, -0.2) is 9.18 Å². The molecule has 6 nitrogen and oxygen atoms in total. The van der Waals surface area contributed by atoms with Crippen molar-refractivity contribution < 1.29 is 14.3 Å². The number of hydrogen-bond donors (Lipinski definition) is 2. The van der Waals surface area contributed by atoms with Crippen LogP contribution in [0.15, 0.2) is 42.6 Å². The average Bonchev–Trinajstić information content (AvgIpc) is 3.38. The zero-order valence-electron chi connectivity index (χ0n) is 16.3. The molecule has 0 saturated carbocycles. The fraction of sp³-hybridized carbons (Fsp3) is 0.364. The Labute approximate surface area is 168 Å². The van der Waals surface area contributed by atoms with Crippen molar-refractivity contribution in [3.05, 3.63) is 54.0 Å². The summed E-state index contributed by atoms with van der Waals surface area (Å²) in [5, 5.41) is 17.1. The first-order valence-corrected chi connectivity index (χ1v) is 10.0. The predicted molar refractivity (Wildman–Crippen MR) is 111 cm³/mol. The number of aromatic nitrogens is 2. The Bertz CT molecular complexity index is 1010.